The monoisotopic (exact) mass is 706 g/mol. The van der Waals surface area contributed by atoms with Crippen LogP contribution >= 0.6 is 0 Å². The molecule has 0 saturated heterocycles. The van der Waals surface area contributed by atoms with Crippen molar-refractivity contribution < 1.29 is 4.42 Å². The Labute approximate surface area is 317 Å². The third kappa shape index (κ3) is 5.19. The van der Waals surface area contributed by atoms with Crippen LogP contribution in [0.1, 0.15) is 23.7 Å². The van der Waals surface area contributed by atoms with Crippen molar-refractivity contribution >= 4 is 49.2 Å². The summed E-state index contributed by atoms with van der Waals surface area (Å²) in [6.45, 7) is 2.31. The molecule has 1 atom stereocenters. The molecule has 0 saturated carbocycles. The minimum Gasteiger partial charge on any atom is -0.456 e. The predicted molar refractivity (Wildman–Crippen MR) is 224 cm³/mol. The first-order valence-electron chi connectivity index (χ1n) is 18.8. The molecule has 55 heavy (non-hydrogen) atoms. The van der Waals surface area contributed by atoms with Crippen LogP contribution in [0.2, 0.25) is 0 Å². The van der Waals surface area contributed by atoms with Crippen molar-refractivity contribution in [1.82, 2.24) is 19.5 Å². The highest BCUT2D eigenvalue weighted by molar-refractivity contribution is 6.11. The number of aromatic nitrogens is 4. The smallest absolute Gasteiger partial charge is 0.238 e. The van der Waals surface area contributed by atoms with E-state index in [0.717, 1.165) is 72.8 Å². The molecule has 10 aromatic rings. The van der Waals surface area contributed by atoms with Crippen LogP contribution in [0.5, 0.6) is 0 Å². The molecule has 1 unspecified atom stereocenters. The lowest BCUT2D eigenvalue weighted by molar-refractivity contribution is 0.669. The summed E-state index contributed by atoms with van der Waals surface area (Å²) < 4.78 is 8.58. The summed E-state index contributed by atoms with van der Waals surface area (Å²) in [7, 11) is 0. The predicted octanol–water partition coefficient (Wildman–Crippen LogP) is 12.5. The Morgan fingerprint density at radius 2 is 1.11 bits per heavy atom. The molecule has 0 spiro atoms. The van der Waals surface area contributed by atoms with Gasteiger partial charge in [0.05, 0.1) is 11.2 Å². The van der Waals surface area contributed by atoms with E-state index in [1.807, 2.05) is 36.4 Å². The van der Waals surface area contributed by atoms with Gasteiger partial charge in [0, 0.05) is 38.2 Å². The van der Waals surface area contributed by atoms with E-state index in [2.05, 4.69) is 145 Å². The van der Waals surface area contributed by atoms with Gasteiger partial charge < -0.3 is 4.42 Å². The fourth-order valence-electron chi connectivity index (χ4n) is 8.43. The lowest BCUT2D eigenvalue weighted by Crippen LogP contribution is -2.13. The van der Waals surface area contributed by atoms with Crippen LogP contribution in [0.15, 0.2) is 174 Å². The van der Waals surface area contributed by atoms with Gasteiger partial charge in [-0.05, 0) is 58.2 Å². The van der Waals surface area contributed by atoms with Crippen LogP contribution in [0.4, 0.5) is 0 Å². The third-order valence-electron chi connectivity index (χ3n) is 11.0. The normalized spacial score (nSPS) is 14.1. The highest BCUT2D eigenvalue weighted by Gasteiger charge is 2.30. The van der Waals surface area contributed by atoms with E-state index in [0.29, 0.717) is 23.5 Å². The molecule has 1 aliphatic rings. The molecule has 7 aromatic carbocycles. The second-order valence-corrected chi connectivity index (χ2v) is 14.5. The van der Waals surface area contributed by atoms with Gasteiger partial charge in [-0.1, -0.05) is 159 Å². The number of hydrogen-bond acceptors (Lipinski definition) is 4. The molecular weight excluding hydrogens is 673 g/mol. The topological polar surface area (TPSA) is 56.7 Å². The van der Waals surface area contributed by atoms with Gasteiger partial charge in [-0.15, -0.1) is 0 Å². The number of fused-ring (bicyclic) bond motifs is 8. The van der Waals surface area contributed by atoms with E-state index in [1.165, 1.54) is 21.9 Å². The van der Waals surface area contributed by atoms with Crippen molar-refractivity contribution in [2.45, 2.75) is 13.3 Å². The van der Waals surface area contributed by atoms with E-state index < -0.39 is 0 Å². The molecule has 3 heterocycles. The first-order chi connectivity index (χ1) is 27.2. The Morgan fingerprint density at radius 1 is 0.509 bits per heavy atom. The largest absolute Gasteiger partial charge is 0.456 e. The fourth-order valence-corrected chi connectivity index (χ4v) is 8.43. The summed E-state index contributed by atoms with van der Waals surface area (Å²) in [5, 5.41) is 5.77. The molecule has 0 aliphatic heterocycles. The number of rotatable bonds is 5. The van der Waals surface area contributed by atoms with Crippen LogP contribution in [0, 0.1) is 5.92 Å². The molecule has 0 fully saturated rings. The summed E-state index contributed by atoms with van der Waals surface area (Å²) in [5.41, 5.74) is 11.8. The molecule has 0 radical (unpaired) electrons. The van der Waals surface area contributed by atoms with E-state index in [9.17, 15) is 0 Å². The summed E-state index contributed by atoms with van der Waals surface area (Å²) in [5.74, 6) is 2.17. The highest BCUT2D eigenvalue weighted by atomic mass is 16.3. The van der Waals surface area contributed by atoms with Gasteiger partial charge in [0.1, 0.15) is 11.2 Å². The van der Waals surface area contributed by atoms with E-state index >= 15 is 0 Å². The second kappa shape index (κ2) is 12.5. The lowest BCUT2D eigenvalue weighted by atomic mass is 9.85. The van der Waals surface area contributed by atoms with Crippen LogP contribution < -0.4 is 0 Å². The zero-order chi connectivity index (χ0) is 36.5. The minimum atomic E-state index is 0.321. The SMILES string of the molecule is CC1C=C(c2ccc3oc4ccccc4c3c2)c2c(c3ccc4ccccc4c3n2-c2nc(-c3ccccc3)nc(-c3ccc(-c4ccccc4)cc3)n2)C1. The van der Waals surface area contributed by atoms with Gasteiger partial charge in [0.25, 0.3) is 0 Å². The van der Waals surface area contributed by atoms with Crippen molar-refractivity contribution in [1.29, 1.82) is 0 Å². The average Bonchev–Trinajstić information content (AvgIpc) is 3.79. The van der Waals surface area contributed by atoms with E-state index in [4.69, 9.17) is 19.4 Å². The minimum absolute atomic E-state index is 0.321. The van der Waals surface area contributed by atoms with Gasteiger partial charge in [0.15, 0.2) is 11.6 Å². The zero-order valence-electron chi connectivity index (χ0n) is 30.1. The van der Waals surface area contributed by atoms with Crippen molar-refractivity contribution in [2.75, 3.05) is 0 Å². The van der Waals surface area contributed by atoms with Gasteiger partial charge in [-0.3, -0.25) is 4.57 Å². The molecule has 3 aromatic heterocycles. The molecule has 0 N–H and O–H groups in total. The maximum absolute atomic E-state index is 6.27. The summed E-state index contributed by atoms with van der Waals surface area (Å²) >= 11 is 0. The average molecular weight is 707 g/mol. The standard InChI is InChI=1S/C50H34N4O/c1-31-28-41(37-25-27-45-42(30-37)39-18-10-11-19-44(39)55-45)47-43(29-31)40-26-24-34-14-8-9-17-38(34)46(40)54(47)50-52-48(35-15-6-3-7-16-35)51-49(53-50)36-22-20-33(21-23-36)32-12-4-2-5-13-32/h2-28,30-31H,29H2,1H3. The van der Waals surface area contributed by atoms with Crippen LogP contribution in [-0.4, -0.2) is 19.5 Å². The van der Waals surface area contributed by atoms with E-state index in [1.54, 1.807) is 0 Å². The summed E-state index contributed by atoms with van der Waals surface area (Å²) in [6.07, 6.45) is 3.33. The number of para-hydroxylation sites is 1. The first kappa shape index (κ1) is 31.4. The van der Waals surface area contributed by atoms with Crippen molar-refractivity contribution in [2.24, 2.45) is 5.92 Å². The zero-order valence-corrected chi connectivity index (χ0v) is 30.1. The molecule has 5 heteroatoms. The second-order valence-electron chi connectivity index (χ2n) is 14.5. The Kier molecular flexibility index (Phi) is 7.14. The Hall–Kier alpha value is -7.11. The van der Waals surface area contributed by atoms with Gasteiger partial charge in [-0.2, -0.15) is 9.97 Å². The lowest BCUT2D eigenvalue weighted by Gasteiger charge is -2.22. The molecule has 0 amide bonds. The number of hydrogen-bond donors (Lipinski definition) is 0. The third-order valence-corrected chi connectivity index (χ3v) is 11.0. The molecule has 5 nitrogen and oxygen atoms in total. The summed E-state index contributed by atoms with van der Waals surface area (Å²) in [4.78, 5) is 15.8. The Morgan fingerprint density at radius 3 is 1.89 bits per heavy atom. The molecule has 0 bridgehead atoms. The Balaban J connectivity index is 1.19. The van der Waals surface area contributed by atoms with Gasteiger partial charge >= 0.3 is 0 Å². The molecular formula is C50H34N4O. The van der Waals surface area contributed by atoms with E-state index in [-0.39, 0.29) is 0 Å². The number of furan rings is 1. The molecule has 11 rings (SSSR count). The maximum Gasteiger partial charge on any atom is 0.238 e. The number of allylic oxidation sites excluding steroid dienone is 1. The van der Waals surface area contributed by atoms with Crippen molar-refractivity contribution in [3.8, 4) is 39.9 Å². The van der Waals surface area contributed by atoms with Crippen LogP contribution in [0.3, 0.4) is 0 Å². The van der Waals surface area contributed by atoms with Crippen molar-refractivity contribution in [3.63, 3.8) is 0 Å². The van der Waals surface area contributed by atoms with Gasteiger partial charge in [-0.25, -0.2) is 4.98 Å². The number of benzene rings is 7. The highest BCUT2D eigenvalue weighted by Crippen LogP contribution is 2.44. The quantitative estimate of drug-likeness (QED) is 0.179. The van der Waals surface area contributed by atoms with Crippen LogP contribution in [-0.2, 0) is 6.42 Å². The van der Waals surface area contributed by atoms with Gasteiger partial charge in [0.2, 0.25) is 5.95 Å². The maximum atomic E-state index is 6.27. The first-order valence-corrected chi connectivity index (χ1v) is 18.8. The Bertz CT molecular complexity index is 3120. The molecule has 260 valence electrons. The number of nitrogens with zero attached hydrogens (tertiary/aromatic N) is 4. The van der Waals surface area contributed by atoms with Crippen LogP contribution in [0.25, 0.3) is 89.0 Å². The van der Waals surface area contributed by atoms with Crippen molar-refractivity contribution in [3.05, 3.63) is 187 Å². The fraction of sp³-hybridized carbons (Fsp3) is 0.0600. The molecule has 1 aliphatic carbocycles. The summed E-state index contributed by atoms with van der Waals surface area (Å²) in [6, 6.07) is 57.2.